The second kappa shape index (κ2) is 8.74. The van der Waals surface area contributed by atoms with Crippen LogP contribution in [0.15, 0.2) is 28.7 Å². The minimum Gasteiger partial charge on any atom is -0.465 e. The maximum atomic E-state index is 10.9. The zero-order valence-electron chi connectivity index (χ0n) is 11.7. The van der Waals surface area contributed by atoms with E-state index < -0.39 is 0 Å². The summed E-state index contributed by atoms with van der Waals surface area (Å²) in [6, 6.07) is 8.06. The van der Waals surface area contributed by atoms with Crippen LogP contribution in [0.2, 0.25) is 0 Å². The molecule has 0 heterocycles. The van der Waals surface area contributed by atoms with E-state index in [2.05, 4.69) is 15.9 Å². The van der Waals surface area contributed by atoms with Gasteiger partial charge in [0.2, 0.25) is 0 Å². The first-order valence-corrected chi connectivity index (χ1v) is 7.28. The van der Waals surface area contributed by atoms with E-state index in [-0.39, 0.29) is 31.1 Å². The Bertz CT molecular complexity index is 424. The number of carbonyl (C=O) groups excluding carboxylic acids is 2. The maximum absolute atomic E-state index is 10.9. The molecule has 0 aromatic heterocycles. The standard InChI is InChI=1S/C15H19BrO4/c1-11(17)19-9-14(10-20-12(2)18)4-3-13-5-7-15(16)8-6-13/h5-8,14H,3-4,9-10H2,1-2H3. The number of rotatable bonds is 7. The molecule has 0 unspecified atom stereocenters. The van der Waals surface area contributed by atoms with Crippen molar-refractivity contribution < 1.29 is 19.1 Å². The third-order valence-corrected chi connectivity index (χ3v) is 3.33. The molecule has 1 aromatic carbocycles. The van der Waals surface area contributed by atoms with Crippen LogP contribution in [0.25, 0.3) is 0 Å². The normalized spacial score (nSPS) is 10.4. The van der Waals surface area contributed by atoms with E-state index in [0.717, 1.165) is 17.3 Å². The fourth-order valence-electron chi connectivity index (χ4n) is 1.71. The van der Waals surface area contributed by atoms with E-state index in [1.807, 2.05) is 24.3 Å². The summed E-state index contributed by atoms with van der Waals surface area (Å²) in [5.74, 6) is -0.616. The third kappa shape index (κ3) is 7.28. The summed E-state index contributed by atoms with van der Waals surface area (Å²) in [7, 11) is 0. The molecule has 20 heavy (non-hydrogen) atoms. The van der Waals surface area contributed by atoms with Crippen LogP contribution in [0.4, 0.5) is 0 Å². The number of aryl methyl sites for hydroxylation is 1. The van der Waals surface area contributed by atoms with Crippen LogP contribution in [-0.4, -0.2) is 25.2 Å². The average Bonchev–Trinajstić information content (AvgIpc) is 2.39. The van der Waals surface area contributed by atoms with E-state index in [4.69, 9.17) is 9.47 Å². The van der Waals surface area contributed by atoms with Crippen molar-refractivity contribution in [1.29, 1.82) is 0 Å². The molecule has 0 spiro atoms. The highest BCUT2D eigenvalue weighted by Gasteiger charge is 2.13. The highest BCUT2D eigenvalue weighted by atomic mass is 79.9. The van der Waals surface area contributed by atoms with Gasteiger partial charge >= 0.3 is 11.9 Å². The van der Waals surface area contributed by atoms with Crippen molar-refractivity contribution in [2.24, 2.45) is 5.92 Å². The lowest BCUT2D eigenvalue weighted by atomic mass is 10.0. The van der Waals surface area contributed by atoms with Crippen molar-refractivity contribution in [3.05, 3.63) is 34.3 Å². The Hall–Kier alpha value is -1.36. The zero-order valence-corrected chi connectivity index (χ0v) is 13.3. The van der Waals surface area contributed by atoms with Gasteiger partial charge in [-0.15, -0.1) is 0 Å². The van der Waals surface area contributed by atoms with Gasteiger partial charge in [0.25, 0.3) is 0 Å². The molecule has 1 rings (SSSR count). The number of halogens is 1. The van der Waals surface area contributed by atoms with Gasteiger partial charge in [-0.1, -0.05) is 28.1 Å². The van der Waals surface area contributed by atoms with Gasteiger partial charge in [0.05, 0.1) is 13.2 Å². The van der Waals surface area contributed by atoms with Crippen molar-refractivity contribution in [1.82, 2.24) is 0 Å². The van der Waals surface area contributed by atoms with Crippen molar-refractivity contribution >= 4 is 27.9 Å². The van der Waals surface area contributed by atoms with Gasteiger partial charge in [-0.2, -0.15) is 0 Å². The Morgan fingerprint density at radius 2 is 1.55 bits per heavy atom. The predicted molar refractivity (Wildman–Crippen MR) is 79.2 cm³/mol. The molecule has 5 heteroatoms. The van der Waals surface area contributed by atoms with Gasteiger partial charge in [-0.25, -0.2) is 0 Å². The number of hydrogen-bond acceptors (Lipinski definition) is 4. The predicted octanol–water partition coefficient (Wildman–Crippen LogP) is 3.12. The molecule has 0 aliphatic rings. The second-order valence-electron chi connectivity index (χ2n) is 4.64. The van der Waals surface area contributed by atoms with E-state index in [9.17, 15) is 9.59 Å². The number of carbonyl (C=O) groups is 2. The largest absolute Gasteiger partial charge is 0.465 e. The minimum atomic E-state index is -0.318. The van der Waals surface area contributed by atoms with Crippen molar-refractivity contribution in [2.75, 3.05) is 13.2 Å². The Labute approximate surface area is 127 Å². The molecular weight excluding hydrogens is 324 g/mol. The fourth-order valence-corrected chi connectivity index (χ4v) is 1.97. The summed E-state index contributed by atoms with van der Waals surface area (Å²) < 4.78 is 11.1. The minimum absolute atomic E-state index is 0.0199. The first-order chi connectivity index (χ1) is 9.47. The SMILES string of the molecule is CC(=O)OCC(CCc1ccc(Br)cc1)COC(C)=O. The lowest BCUT2D eigenvalue weighted by molar-refractivity contribution is -0.146. The molecule has 0 atom stereocenters. The molecule has 0 radical (unpaired) electrons. The summed E-state index contributed by atoms with van der Waals surface area (Å²) in [4.78, 5) is 21.7. The Balaban J connectivity index is 2.47. The van der Waals surface area contributed by atoms with Crippen LogP contribution in [0, 0.1) is 5.92 Å². The molecule has 0 saturated heterocycles. The van der Waals surface area contributed by atoms with Gasteiger partial charge in [0.1, 0.15) is 0 Å². The van der Waals surface area contributed by atoms with Crippen molar-refractivity contribution in [3.63, 3.8) is 0 Å². The fraction of sp³-hybridized carbons (Fsp3) is 0.467. The number of ether oxygens (including phenoxy) is 2. The quantitative estimate of drug-likeness (QED) is 0.714. The Morgan fingerprint density at radius 1 is 1.05 bits per heavy atom. The summed E-state index contributed by atoms with van der Waals surface area (Å²) in [6.07, 6.45) is 1.64. The van der Waals surface area contributed by atoms with Crippen LogP contribution in [0.5, 0.6) is 0 Å². The monoisotopic (exact) mass is 342 g/mol. The van der Waals surface area contributed by atoms with E-state index in [0.29, 0.717) is 0 Å². The Morgan fingerprint density at radius 3 is 2.00 bits per heavy atom. The molecule has 0 fully saturated rings. The van der Waals surface area contributed by atoms with Gasteiger partial charge in [-0.3, -0.25) is 9.59 Å². The summed E-state index contributed by atoms with van der Waals surface area (Å²) >= 11 is 3.39. The van der Waals surface area contributed by atoms with Crippen molar-refractivity contribution in [3.8, 4) is 0 Å². The van der Waals surface area contributed by atoms with Crippen molar-refractivity contribution in [2.45, 2.75) is 26.7 Å². The highest BCUT2D eigenvalue weighted by Crippen LogP contribution is 2.15. The number of hydrogen-bond donors (Lipinski definition) is 0. The molecule has 1 aromatic rings. The topological polar surface area (TPSA) is 52.6 Å². The smallest absolute Gasteiger partial charge is 0.302 e. The van der Waals surface area contributed by atoms with E-state index in [1.165, 1.54) is 19.4 Å². The van der Waals surface area contributed by atoms with Crippen LogP contribution in [0.1, 0.15) is 25.8 Å². The maximum Gasteiger partial charge on any atom is 0.302 e. The van der Waals surface area contributed by atoms with E-state index in [1.54, 1.807) is 0 Å². The van der Waals surface area contributed by atoms with Crippen LogP contribution in [0.3, 0.4) is 0 Å². The molecule has 0 bridgehead atoms. The Kier molecular flexibility index (Phi) is 7.30. The molecular formula is C15H19BrO4. The third-order valence-electron chi connectivity index (χ3n) is 2.80. The lowest BCUT2D eigenvalue weighted by Crippen LogP contribution is -2.20. The number of esters is 2. The van der Waals surface area contributed by atoms with Gasteiger partial charge in [0, 0.05) is 24.2 Å². The summed E-state index contributed by atoms with van der Waals surface area (Å²) in [5.41, 5.74) is 1.20. The summed E-state index contributed by atoms with van der Waals surface area (Å²) in [5, 5.41) is 0. The molecule has 110 valence electrons. The average molecular weight is 343 g/mol. The highest BCUT2D eigenvalue weighted by molar-refractivity contribution is 9.10. The van der Waals surface area contributed by atoms with Gasteiger partial charge < -0.3 is 9.47 Å². The van der Waals surface area contributed by atoms with Crippen LogP contribution in [-0.2, 0) is 25.5 Å². The second-order valence-corrected chi connectivity index (χ2v) is 5.55. The number of benzene rings is 1. The van der Waals surface area contributed by atoms with Gasteiger partial charge in [0.15, 0.2) is 0 Å². The van der Waals surface area contributed by atoms with Gasteiger partial charge in [-0.05, 0) is 30.5 Å². The first-order valence-electron chi connectivity index (χ1n) is 6.48. The summed E-state index contributed by atoms with van der Waals surface area (Å²) in [6.45, 7) is 3.30. The molecule has 4 nitrogen and oxygen atoms in total. The van der Waals surface area contributed by atoms with Crippen LogP contribution < -0.4 is 0 Å². The first kappa shape index (κ1) is 16.7. The lowest BCUT2D eigenvalue weighted by Gasteiger charge is -2.16. The molecule has 0 aliphatic carbocycles. The molecule has 0 saturated carbocycles. The molecule has 0 aliphatic heterocycles. The van der Waals surface area contributed by atoms with Crippen LogP contribution >= 0.6 is 15.9 Å². The zero-order chi connectivity index (χ0) is 15.0. The molecule has 0 N–H and O–H groups in total. The van der Waals surface area contributed by atoms with E-state index >= 15 is 0 Å². The molecule has 0 amide bonds.